The first kappa shape index (κ1) is 23.5. The van der Waals surface area contributed by atoms with Gasteiger partial charge in [-0.05, 0) is 41.6 Å². The SMILES string of the molecule is CN1CCN(/N=C/c2c(-c3ccccc3)n(S(=O)(=O)c3ccc4ccccc4c3)c3ccccc23)CC1. The van der Waals surface area contributed by atoms with Gasteiger partial charge in [0.1, 0.15) is 0 Å². The van der Waals surface area contributed by atoms with Crippen molar-refractivity contribution in [3.63, 3.8) is 0 Å². The molecule has 0 amide bonds. The van der Waals surface area contributed by atoms with Gasteiger partial charge in [-0.1, -0.05) is 78.9 Å². The van der Waals surface area contributed by atoms with Crippen LogP contribution in [0.25, 0.3) is 32.9 Å². The van der Waals surface area contributed by atoms with Gasteiger partial charge in [-0.3, -0.25) is 5.01 Å². The van der Waals surface area contributed by atoms with Crippen LogP contribution in [0.5, 0.6) is 0 Å². The first-order chi connectivity index (χ1) is 18.0. The maximum Gasteiger partial charge on any atom is 0.268 e. The van der Waals surface area contributed by atoms with E-state index in [0.717, 1.165) is 53.5 Å². The largest absolute Gasteiger partial charge is 0.303 e. The van der Waals surface area contributed by atoms with Gasteiger partial charge in [0.25, 0.3) is 10.0 Å². The Kier molecular flexibility index (Phi) is 6.02. The van der Waals surface area contributed by atoms with Gasteiger partial charge >= 0.3 is 0 Å². The zero-order valence-electron chi connectivity index (χ0n) is 20.7. The van der Waals surface area contributed by atoms with Gasteiger partial charge in [-0.2, -0.15) is 5.10 Å². The number of fused-ring (bicyclic) bond motifs is 2. The van der Waals surface area contributed by atoms with Gasteiger partial charge in [-0.25, -0.2) is 12.4 Å². The van der Waals surface area contributed by atoms with E-state index in [1.807, 2.05) is 91.1 Å². The summed E-state index contributed by atoms with van der Waals surface area (Å²) in [6.45, 7) is 3.56. The summed E-state index contributed by atoms with van der Waals surface area (Å²) in [5.74, 6) is 0. The van der Waals surface area contributed by atoms with Gasteiger partial charge in [0.15, 0.2) is 0 Å². The Balaban J connectivity index is 1.59. The minimum atomic E-state index is -3.93. The van der Waals surface area contributed by atoms with Crippen LogP contribution in [-0.4, -0.2) is 61.7 Å². The third-order valence-electron chi connectivity index (χ3n) is 7.01. The second kappa shape index (κ2) is 9.50. The molecule has 1 aliphatic rings. The Morgan fingerprint density at radius 3 is 2.22 bits per heavy atom. The molecule has 0 spiro atoms. The zero-order chi connectivity index (χ0) is 25.4. The minimum absolute atomic E-state index is 0.256. The molecule has 1 aromatic heterocycles. The topological polar surface area (TPSA) is 57.9 Å². The van der Waals surface area contributed by atoms with Crippen molar-refractivity contribution < 1.29 is 8.42 Å². The van der Waals surface area contributed by atoms with E-state index in [9.17, 15) is 8.42 Å². The fourth-order valence-corrected chi connectivity index (χ4v) is 6.56. The highest BCUT2D eigenvalue weighted by Gasteiger charge is 2.27. The quantitative estimate of drug-likeness (QED) is 0.303. The number of hydrogen-bond donors (Lipinski definition) is 0. The summed E-state index contributed by atoms with van der Waals surface area (Å²) in [7, 11) is -1.82. The number of piperazine rings is 1. The molecule has 0 aliphatic carbocycles. The highest BCUT2D eigenvalue weighted by molar-refractivity contribution is 7.90. The first-order valence-corrected chi connectivity index (χ1v) is 13.9. The van der Waals surface area contributed by atoms with Crippen LogP contribution in [0, 0.1) is 0 Å². The van der Waals surface area contributed by atoms with Crippen molar-refractivity contribution in [1.82, 2.24) is 13.9 Å². The summed E-state index contributed by atoms with van der Waals surface area (Å²) in [6.07, 6.45) is 1.84. The van der Waals surface area contributed by atoms with Crippen molar-refractivity contribution in [2.45, 2.75) is 4.90 Å². The normalized spacial score (nSPS) is 15.2. The molecule has 7 heteroatoms. The Morgan fingerprint density at radius 2 is 1.43 bits per heavy atom. The monoisotopic (exact) mass is 508 g/mol. The van der Waals surface area contributed by atoms with E-state index in [1.165, 1.54) is 3.97 Å². The molecule has 2 heterocycles. The maximum absolute atomic E-state index is 14.3. The van der Waals surface area contributed by atoms with Crippen LogP contribution in [0.1, 0.15) is 5.56 Å². The van der Waals surface area contributed by atoms with E-state index >= 15 is 0 Å². The lowest BCUT2D eigenvalue weighted by Gasteiger charge is -2.30. The van der Waals surface area contributed by atoms with E-state index in [0.29, 0.717) is 11.2 Å². The number of aromatic nitrogens is 1. The number of para-hydroxylation sites is 1. The Hall–Kier alpha value is -3.94. The van der Waals surface area contributed by atoms with Crippen LogP contribution in [0.15, 0.2) is 107 Å². The molecule has 0 atom stereocenters. The molecule has 37 heavy (non-hydrogen) atoms. The lowest BCUT2D eigenvalue weighted by Crippen LogP contribution is -2.41. The van der Waals surface area contributed by atoms with E-state index < -0.39 is 10.0 Å². The van der Waals surface area contributed by atoms with Gasteiger partial charge in [0.05, 0.1) is 22.3 Å². The minimum Gasteiger partial charge on any atom is -0.303 e. The summed E-state index contributed by atoms with van der Waals surface area (Å²) in [6, 6.07) is 30.5. The van der Waals surface area contributed by atoms with Crippen molar-refractivity contribution in [1.29, 1.82) is 0 Å². The molecule has 5 aromatic rings. The summed E-state index contributed by atoms with van der Waals surface area (Å²) >= 11 is 0. The standard InChI is InChI=1S/C30H28N4O2S/c1-32-17-19-33(20-18-32)31-22-28-27-13-7-8-14-29(27)34(30(28)24-10-3-2-4-11-24)37(35,36)26-16-15-23-9-5-6-12-25(23)21-26/h2-16,21-22H,17-20H2,1H3/b31-22+. The third kappa shape index (κ3) is 4.30. The molecule has 0 saturated carbocycles. The predicted molar refractivity (Wildman–Crippen MR) is 151 cm³/mol. The number of rotatable bonds is 5. The van der Waals surface area contributed by atoms with Crippen molar-refractivity contribution in [3.8, 4) is 11.3 Å². The van der Waals surface area contributed by atoms with Gasteiger partial charge in [0.2, 0.25) is 0 Å². The fourth-order valence-electron chi connectivity index (χ4n) is 4.97. The summed E-state index contributed by atoms with van der Waals surface area (Å²) in [5.41, 5.74) is 2.87. The molecule has 186 valence electrons. The Bertz CT molecular complexity index is 1720. The average molecular weight is 509 g/mol. The average Bonchev–Trinajstić information content (AvgIpc) is 3.28. The van der Waals surface area contributed by atoms with Crippen LogP contribution in [0.2, 0.25) is 0 Å². The van der Waals surface area contributed by atoms with E-state index in [-0.39, 0.29) is 4.90 Å². The van der Waals surface area contributed by atoms with Crippen LogP contribution in [0.4, 0.5) is 0 Å². The molecule has 1 saturated heterocycles. The molecular weight excluding hydrogens is 480 g/mol. The molecular formula is C30H28N4O2S. The molecule has 0 unspecified atom stereocenters. The summed E-state index contributed by atoms with van der Waals surface area (Å²) < 4.78 is 30.2. The highest BCUT2D eigenvalue weighted by Crippen LogP contribution is 2.36. The molecule has 0 bridgehead atoms. The van der Waals surface area contributed by atoms with Crippen LogP contribution < -0.4 is 0 Å². The number of nitrogens with zero attached hydrogens (tertiary/aromatic N) is 4. The number of likely N-dealkylation sites (N-methyl/N-ethyl adjacent to an activating group) is 1. The molecule has 6 rings (SSSR count). The molecule has 0 radical (unpaired) electrons. The van der Waals surface area contributed by atoms with Crippen molar-refractivity contribution in [2.24, 2.45) is 5.10 Å². The molecule has 1 fully saturated rings. The predicted octanol–water partition coefficient (Wildman–Crippen LogP) is 5.28. The van der Waals surface area contributed by atoms with Gasteiger partial charge in [-0.15, -0.1) is 0 Å². The summed E-state index contributed by atoms with van der Waals surface area (Å²) in [5, 5.41) is 9.60. The van der Waals surface area contributed by atoms with Crippen molar-refractivity contribution >= 4 is 37.9 Å². The van der Waals surface area contributed by atoms with Crippen LogP contribution >= 0.6 is 0 Å². The maximum atomic E-state index is 14.3. The van der Waals surface area contributed by atoms with Crippen molar-refractivity contribution in [2.75, 3.05) is 33.2 Å². The second-order valence-electron chi connectivity index (χ2n) is 9.43. The van der Waals surface area contributed by atoms with Gasteiger partial charge < -0.3 is 4.90 Å². The lowest BCUT2D eigenvalue weighted by atomic mass is 10.1. The molecule has 6 nitrogen and oxygen atoms in total. The van der Waals surface area contributed by atoms with Crippen LogP contribution in [0.3, 0.4) is 0 Å². The van der Waals surface area contributed by atoms with E-state index in [1.54, 1.807) is 12.1 Å². The Morgan fingerprint density at radius 1 is 0.757 bits per heavy atom. The number of hydrogen-bond acceptors (Lipinski definition) is 5. The second-order valence-corrected chi connectivity index (χ2v) is 11.2. The number of benzene rings is 4. The van der Waals surface area contributed by atoms with Gasteiger partial charge in [0, 0.05) is 37.1 Å². The fraction of sp³-hybridized carbons (Fsp3) is 0.167. The van der Waals surface area contributed by atoms with E-state index in [4.69, 9.17) is 5.10 Å². The molecule has 4 aromatic carbocycles. The van der Waals surface area contributed by atoms with Crippen molar-refractivity contribution in [3.05, 3.63) is 103 Å². The summed E-state index contributed by atoms with van der Waals surface area (Å²) in [4.78, 5) is 2.54. The van der Waals surface area contributed by atoms with Crippen LogP contribution in [-0.2, 0) is 10.0 Å². The lowest BCUT2D eigenvalue weighted by molar-refractivity contribution is 0.159. The molecule has 0 N–H and O–H groups in total. The third-order valence-corrected chi connectivity index (χ3v) is 8.72. The zero-order valence-corrected chi connectivity index (χ0v) is 21.5. The highest BCUT2D eigenvalue weighted by atomic mass is 32.2. The van der Waals surface area contributed by atoms with E-state index in [2.05, 4.69) is 17.0 Å². The smallest absolute Gasteiger partial charge is 0.268 e. The molecule has 1 aliphatic heterocycles. The Labute approximate surface area is 217 Å². The number of hydrazone groups is 1. The first-order valence-electron chi connectivity index (χ1n) is 12.4.